The second kappa shape index (κ2) is 7.51. The standard InChI is InChI=1S/C18H15Cl2N3O/c19-14-7-6-13(11-15(14)20)23-17(24)8-10-21-16-5-1-3-12-4-2-9-22-18(12)16/h1-7,9,11,21H,8,10H2,(H,23,24). The molecule has 0 bridgehead atoms. The Kier molecular flexibility index (Phi) is 5.18. The number of hydrogen-bond donors (Lipinski definition) is 2. The third-order valence-corrected chi connectivity index (χ3v) is 4.24. The number of pyridine rings is 1. The Hall–Kier alpha value is -2.30. The van der Waals surface area contributed by atoms with Crippen molar-refractivity contribution in [3.63, 3.8) is 0 Å². The second-order valence-corrected chi connectivity index (χ2v) is 6.05. The van der Waals surface area contributed by atoms with Crippen molar-refractivity contribution < 1.29 is 4.79 Å². The van der Waals surface area contributed by atoms with Crippen LogP contribution in [0.3, 0.4) is 0 Å². The average Bonchev–Trinajstić information content (AvgIpc) is 2.58. The molecule has 0 radical (unpaired) electrons. The normalized spacial score (nSPS) is 10.6. The second-order valence-electron chi connectivity index (χ2n) is 5.23. The Morgan fingerprint density at radius 3 is 2.71 bits per heavy atom. The number of halogens is 2. The van der Waals surface area contributed by atoms with E-state index in [1.165, 1.54) is 0 Å². The number of hydrogen-bond acceptors (Lipinski definition) is 3. The topological polar surface area (TPSA) is 54.0 Å². The van der Waals surface area contributed by atoms with Crippen LogP contribution in [0.15, 0.2) is 54.7 Å². The van der Waals surface area contributed by atoms with Gasteiger partial charge in [-0.3, -0.25) is 9.78 Å². The maximum absolute atomic E-state index is 12.0. The Morgan fingerprint density at radius 1 is 1.04 bits per heavy atom. The van der Waals surface area contributed by atoms with Crippen molar-refractivity contribution in [1.82, 2.24) is 4.98 Å². The summed E-state index contributed by atoms with van der Waals surface area (Å²) in [6, 6.07) is 14.8. The molecule has 0 saturated heterocycles. The first-order valence-electron chi connectivity index (χ1n) is 7.46. The molecule has 0 aliphatic carbocycles. The van der Waals surface area contributed by atoms with E-state index in [1.807, 2.05) is 30.3 Å². The molecule has 0 saturated carbocycles. The fourth-order valence-electron chi connectivity index (χ4n) is 2.35. The summed E-state index contributed by atoms with van der Waals surface area (Å²) in [6.45, 7) is 0.503. The van der Waals surface area contributed by atoms with E-state index in [0.29, 0.717) is 28.7 Å². The van der Waals surface area contributed by atoms with Gasteiger partial charge in [0.05, 0.1) is 21.2 Å². The number of carbonyl (C=O) groups excluding carboxylic acids is 1. The van der Waals surface area contributed by atoms with Gasteiger partial charge in [0.25, 0.3) is 0 Å². The predicted molar refractivity (Wildman–Crippen MR) is 99.9 cm³/mol. The van der Waals surface area contributed by atoms with E-state index in [9.17, 15) is 4.79 Å². The van der Waals surface area contributed by atoms with Crippen molar-refractivity contribution in [2.45, 2.75) is 6.42 Å². The minimum atomic E-state index is -0.103. The van der Waals surface area contributed by atoms with Gasteiger partial charge in [-0.15, -0.1) is 0 Å². The van der Waals surface area contributed by atoms with Gasteiger partial charge in [-0.05, 0) is 30.3 Å². The lowest BCUT2D eigenvalue weighted by molar-refractivity contribution is -0.115. The molecule has 0 aliphatic rings. The molecule has 0 aliphatic heterocycles. The number of anilines is 2. The summed E-state index contributed by atoms with van der Waals surface area (Å²) in [5.74, 6) is -0.103. The van der Waals surface area contributed by atoms with Crippen LogP contribution in [-0.2, 0) is 4.79 Å². The van der Waals surface area contributed by atoms with Crippen LogP contribution in [0.4, 0.5) is 11.4 Å². The van der Waals surface area contributed by atoms with Gasteiger partial charge in [-0.2, -0.15) is 0 Å². The zero-order chi connectivity index (χ0) is 16.9. The highest BCUT2D eigenvalue weighted by Gasteiger charge is 2.06. The molecule has 1 amide bonds. The molecule has 1 heterocycles. The highest BCUT2D eigenvalue weighted by atomic mass is 35.5. The van der Waals surface area contributed by atoms with E-state index in [1.54, 1.807) is 24.4 Å². The molecule has 0 atom stereocenters. The minimum absolute atomic E-state index is 0.103. The summed E-state index contributed by atoms with van der Waals surface area (Å²) in [7, 11) is 0. The third-order valence-electron chi connectivity index (χ3n) is 3.50. The minimum Gasteiger partial charge on any atom is -0.383 e. The number of nitrogens with one attached hydrogen (secondary N) is 2. The van der Waals surface area contributed by atoms with Crippen LogP contribution in [0.25, 0.3) is 10.9 Å². The van der Waals surface area contributed by atoms with Crippen LogP contribution in [-0.4, -0.2) is 17.4 Å². The first-order chi connectivity index (χ1) is 11.6. The number of rotatable bonds is 5. The van der Waals surface area contributed by atoms with Gasteiger partial charge in [-0.25, -0.2) is 0 Å². The van der Waals surface area contributed by atoms with Crippen molar-refractivity contribution in [2.24, 2.45) is 0 Å². The molecule has 6 heteroatoms. The third kappa shape index (κ3) is 3.96. The van der Waals surface area contributed by atoms with Crippen molar-refractivity contribution in [2.75, 3.05) is 17.2 Å². The zero-order valence-electron chi connectivity index (χ0n) is 12.7. The lowest BCUT2D eigenvalue weighted by Gasteiger charge is -2.10. The maximum atomic E-state index is 12.0. The largest absolute Gasteiger partial charge is 0.383 e. The van der Waals surface area contributed by atoms with E-state index >= 15 is 0 Å². The van der Waals surface area contributed by atoms with Gasteiger partial charge in [0.15, 0.2) is 0 Å². The van der Waals surface area contributed by atoms with E-state index in [4.69, 9.17) is 23.2 Å². The van der Waals surface area contributed by atoms with Crippen molar-refractivity contribution in [3.05, 3.63) is 64.8 Å². The van der Waals surface area contributed by atoms with E-state index in [0.717, 1.165) is 16.6 Å². The van der Waals surface area contributed by atoms with Crippen LogP contribution >= 0.6 is 23.2 Å². The van der Waals surface area contributed by atoms with Crippen LogP contribution in [0.2, 0.25) is 10.0 Å². The molecular formula is C18H15Cl2N3O. The number of nitrogens with zero attached hydrogens (tertiary/aromatic N) is 1. The summed E-state index contributed by atoms with van der Waals surface area (Å²) < 4.78 is 0. The van der Waals surface area contributed by atoms with Crippen molar-refractivity contribution in [3.8, 4) is 0 Å². The van der Waals surface area contributed by atoms with Crippen molar-refractivity contribution in [1.29, 1.82) is 0 Å². The molecule has 3 aromatic rings. The lowest BCUT2D eigenvalue weighted by Crippen LogP contribution is -2.16. The average molecular weight is 360 g/mol. The van der Waals surface area contributed by atoms with Gasteiger partial charge in [0.1, 0.15) is 0 Å². The van der Waals surface area contributed by atoms with Gasteiger partial charge < -0.3 is 10.6 Å². The van der Waals surface area contributed by atoms with Gasteiger partial charge in [0, 0.05) is 30.2 Å². The summed E-state index contributed by atoms with van der Waals surface area (Å²) in [4.78, 5) is 16.4. The van der Waals surface area contributed by atoms with Gasteiger partial charge in [-0.1, -0.05) is 41.4 Å². The molecule has 2 aromatic carbocycles. The number of para-hydroxylation sites is 1. The smallest absolute Gasteiger partial charge is 0.226 e. The molecule has 0 spiro atoms. The molecule has 1 aromatic heterocycles. The Labute approximate surface area is 149 Å². The summed E-state index contributed by atoms with van der Waals surface area (Å²) >= 11 is 11.8. The first-order valence-corrected chi connectivity index (χ1v) is 8.21. The van der Waals surface area contributed by atoms with Gasteiger partial charge in [0.2, 0.25) is 5.91 Å². The number of aromatic nitrogens is 1. The molecule has 3 rings (SSSR count). The molecule has 122 valence electrons. The maximum Gasteiger partial charge on any atom is 0.226 e. The van der Waals surface area contributed by atoms with E-state index in [2.05, 4.69) is 15.6 Å². The van der Waals surface area contributed by atoms with E-state index in [-0.39, 0.29) is 5.91 Å². The lowest BCUT2D eigenvalue weighted by atomic mass is 10.2. The molecule has 2 N–H and O–H groups in total. The van der Waals surface area contributed by atoms with Crippen LogP contribution < -0.4 is 10.6 Å². The SMILES string of the molecule is O=C(CCNc1cccc2cccnc12)Nc1ccc(Cl)c(Cl)c1. The molecule has 0 unspecified atom stereocenters. The van der Waals surface area contributed by atoms with Crippen LogP contribution in [0.5, 0.6) is 0 Å². The number of benzene rings is 2. The van der Waals surface area contributed by atoms with Gasteiger partial charge >= 0.3 is 0 Å². The van der Waals surface area contributed by atoms with Crippen molar-refractivity contribution >= 4 is 51.4 Å². The molecular weight excluding hydrogens is 345 g/mol. The first kappa shape index (κ1) is 16.6. The Bertz CT molecular complexity index is 878. The highest BCUT2D eigenvalue weighted by Crippen LogP contribution is 2.25. The molecule has 0 fully saturated rings. The fraction of sp³-hybridized carbons (Fsp3) is 0.111. The monoisotopic (exact) mass is 359 g/mol. The van der Waals surface area contributed by atoms with Crippen LogP contribution in [0, 0.1) is 0 Å². The highest BCUT2D eigenvalue weighted by molar-refractivity contribution is 6.42. The zero-order valence-corrected chi connectivity index (χ0v) is 14.2. The fourth-order valence-corrected chi connectivity index (χ4v) is 2.65. The Balaban J connectivity index is 1.57. The number of amides is 1. The summed E-state index contributed by atoms with van der Waals surface area (Å²) in [6.07, 6.45) is 2.08. The predicted octanol–water partition coefficient (Wildman–Crippen LogP) is 4.98. The summed E-state index contributed by atoms with van der Waals surface area (Å²) in [5.41, 5.74) is 2.43. The van der Waals surface area contributed by atoms with E-state index < -0.39 is 0 Å². The number of carbonyl (C=O) groups is 1. The molecule has 4 nitrogen and oxygen atoms in total. The number of fused-ring (bicyclic) bond motifs is 1. The van der Waals surface area contributed by atoms with Crippen LogP contribution in [0.1, 0.15) is 6.42 Å². The summed E-state index contributed by atoms with van der Waals surface area (Å²) in [5, 5.41) is 7.98. The Morgan fingerprint density at radius 2 is 1.88 bits per heavy atom. The quantitative estimate of drug-likeness (QED) is 0.675. The molecule has 24 heavy (non-hydrogen) atoms.